The summed E-state index contributed by atoms with van der Waals surface area (Å²) in [6.45, 7) is 8.35. The molecule has 0 amide bonds. The first kappa shape index (κ1) is 26.3. The van der Waals surface area contributed by atoms with Crippen LogP contribution in [-0.2, 0) is 13.0 Å². The highest BCUT2D eigenvalue weighted by Crippen LogP contribution is 2.41. The van der Waals surface area contributed by atoms with Crippen molar-refractivity contribution in [2.24, 2.45) is 5.41 Å². The Morgan fingerprint density at radius 1 is 1.00 bits per heavy atom. The Morgan fingerprint density at radius 3 is 2.56 bits per heavy atom. The molecule has 1 aromatic carbocycles. The number of alkyl halides is 1. The van der Waals surface area contributed by atoms with Crippen LogP contribution < -0.4 is 5.32 Å². The summed E-state index contributed by atoms with van der Waals surface area (Å²) in [4.78, 5) is 22.3. The summed E-state index contributed by atoms with van der Waals surface area (Å²) < 4.78 is 45.2. The molecule has 1 atom stereocenters. The molecule has 41 heavy (non-hydrogen) atoms. The van der Waals surface area contributed by atoms with E-state index in [1.165, 1.54) is 32.0 Å². The number of rotatable bonds is 7. The molecule has 6 heterocycles. The van der Waals surface area contributed by atoms with E-state index in [2.05, 4.69) is 42.0 Å². The van der Waals surface area contributed by atoms with Crippen LogP contribution in [0.3, 0.4) is 0 Å². The van der Waals surface area contributed by atoms with Crippen LogP contribution in [-0.4, -0.2) is 73.7 Å². The average Bonchev–Trinajstić information content (AvgIpc) is 3.55. The normalized spacial score (nSPS) is 20.4. The number of pyridine rings is 1. The zero-order valence-corrected chi connectivity index (χ0v) is 23.1. The van der Waals surface area contributed by atoms with E-state index in [1.807, 2.05) is 18.3 Å². The summed E-state index contributed by atoms with van der Waals surface area (Å²) in [5.41, 5.74) is 2.40. The lowest BCUT2D eigenvalue weighted by Crippen LogP contribution is -2.59. The first-order valence-corrected chi connectivity index (χ1v) is 14.4. The van der Waals surface area contributed by atoms with Gasteiger partial charge in [0.05, 0.1) is 17.8 Å². The van der Waals surface area contributed by atoms with E-state index >= 15 is 4.39 Å². The maximum Gasteiger partial charge on any atom is 0.229 e. The van der Waals surface area contributed by atoms with Crippen molar-refractivity contribution in [2.75, 3.05) is 44.7 Å². The molecule has 2 fully saturated rings. The van der Waals surface area contributed by atoms with Crippen molar-refractivity contribution in [2.45, 2.75) is 45.2 Å². The quantitative estimate of drug-likeness (QED) is 0.328. The van der Waals surface area contributed by atoms with Gasteiger partial charge in [0.2, 0.25) is 5.95 Å². The summed E-state index contributed by atoms with van der Waals surface area (Å²) in [6, 6.07) is 6.32. The third kappa shape index (κ3) is 4.84. The number of halogens is 3. The largest absolute Gasteiger partial charge is 0.322 e. The maximum absolute atomic E-state index is 15.0. The number of nitrogens with one attached hydrogen (secondary N) is 1. The summed E-state index contributed by atoms with van der Waals surface area (Å²) >= 11 is 0. The molecule has 0 bridgehead atoms. The van der Waals surface area contributed by atoms with Crippen molar-refractivity contribution in [3.05, 3.63) is 59.7 Å². The van der Waals surface area contributed by atoms with Crippen molar-refractivity contribution < 1.29 is 13.2 Å². The first-order valence-electron chi connectivity index (χ1n) is 14.4. The summed E-state index contributed by atoms with van der Waals surface area (Å²) in [5.74, 6) is 0.0317. The molecule has 0 unspecified atom stereocenters. The molecule has 3 aliphatic rings. The van der Waals surface area contributed by atoms with Gasteiger partial charge in [0.15, 0.2) is 11.6 Å². The summed E-state index contributed by atoms with van der Waals surface area (Å²) in [6.07, 6.45) is 6.64. The minimum absolute atomic E-state index is 0.0539. The van der Waals surface area contributed by atoms with Crippen molar-refractivity contribution >= 4 is 22.8 Å². The molecule has 4 aromatic rings. The van der Waals surface area contributed by atoms with E-state index in [1.54, 1.807) is 10.6 Å². The monoisotopic (exact) mass is 562 g/mol. The van der Waals surface area contributed by atoms with Gasteiger partial charge >= 0.3 is 0 Å². The van der Waals surface area contributed by atoms with Crippen LogP contribution in [0, 0.1) is 17.0 Å². The van der Waals surface area contributed by atoms with Crippen molar-refractivity contribution in [1.29, 1.82) is 0 Å². The van der Waals surface area contributed by atoms with Crippen LogP contribution >= 0.6 is 0 Å². The smallest absolute Gasteiger partial charge is 0.229 e. The molecular formula is C30H33F3N8. The van der Waals surface area contributed by atoms with Crippen LogP contribution in [0.5, 0.6) is 0 Å². The number of aryl methyl sites for hydroxylation is 1. The number of imidazole rings is 1. The Hall–Kier alpha value is -3.57. The number of anilines is 2. The van der Waals surface area contributed by atoms with Crippen LogP contribution in [0.25, 0.3) is 22.3 Å². The van der Waals surface area contributed by atoms with E-state index in [4.69, 9.17) is 0 Å². The molecule has 0 aliphatic carbocycles. The molecule has 1 N–H and O–H groups in total. The van der Waals surface area contributed by atoms with Gasteiger partial charge < -0.3 is 14.8 Å². The topological polar surface area (TPSA) is 75.0 Å². The molecule has 0 radical (unpaired) electrons. The Labute approximate surface area is 236 Å². The maximum atomic E-state index is 15.0. The number of nitrogens with zero attached hydrogens (tertiary/aromatic N) is 7. The Bertz CT molecular complexity index is 1570. The van der Waals surface area contributed by atoms with Gasteiger partial charge in [-0.3, -0.25) is 4.90 Å². The SMILES string of the molecule is CCN1CCC2(CC1)CN(Cc1ccc(Nc3ncc(F)c(-c4cc(F)c5nc6n(c5c4)[C@H](CF)CC6)n3)nc1)C2. The highest BCUT2D eigenvalue weighted by Gasteiger charge is 2.44. The van der Waals surface area contributed by atoms with Gasteiger partial charge in [-0.25, -0.2) is 33.1 Å². The predicted molar refractivity (Wildman–Crippen MR) is 151 cm³/mol. The Balaban J connectivity index is 1.05. The van der Waals surface area contributed by atoms with Crippen molar-refractivity contribution in [1.82, 2.24) is 34.3 Å². The lowest BCUT2D eigenvalue weighted by atomic mass is 9.72. The highest BCUT2D eigenvalue weighted by atomic mass is 19.1. The van der Waals surface area contributed by atoms with E-state index in [0.29, 0.717) is 35.4 Å². The van der Waals surface area contributed by atoms with Crippen molar-refractivity contribution in [3.63, 3.8) is 0 Å². The van der Waals surface area contributed by atoms with Gasteiger partial charge in [0.25, 0.3) is 0 Å². The number of aromatic nitrogens is 5. The number of benzene rings is 1. The van der Waals surface area contributed by atoms with Gasteiger partial charge in [-0.1, -0.05) is 13.0 Å². The van der Waals surface area contributed by atoms with Crippen molar-refractivity contribution in [3.8, 4) is 11.3 Å². The van der Waals surface area contributed by atoms with E-state index in [-0.39, 0.29) is 22.7 Å². The fourth-order valence-corrected chi connectivity index (χ4v) is 6.76. The Morgan fingerprint density at radius 2 is 1.83 bits per heavy atom. The van der Waals surface area contributed by atoms with E-state index in [9.17, 15) is 8.78 Å². The number of hydrogen-bond donors (Lipinski definition) is 1. The first-order chi connectivity index (χ1) is 19.9. The average molecular weight is 563 g/mol. The molecule has 3 aliphatic heterocycles. The fraction of sp³-hybridized carbons (Fsp3) is 0.467. The van der Waals surface area contributed by atoms with Gasteiger partial charge in [-0.05, 0) is 68.1 Å². The zero-order valence-electron chi connectivity index (χ0n) is 23.1. The number of fused-ring (bicyclic) bond motifs is 3. The van der Waals surface area contributed by atoms with Gasteiger partial charge in [-0.15, -0.1) is 0 Å². The lowest BCUT2D eigenvalue weighted by molar-refractivity contribution is -0.0502. The number of piperidine rings is 1. The molecule has 0 saturated carbocycles. The summed E-state index contributed by atoms with van der Waals surface area (Å²) in [7, 11) is 0. The van der Waals surface area contributed by atoms with Crippen LogP contribution in [0.4, 0.5) is 24.9 Å². The van der Waals surface area contributed by atoms with E-state index < -0.39 is 24.4 Å². The third-order valence-electron chi connectivity index (χ3n) is 9.04. The third-order valence-corrected chi connectivity index (χ3v) is 9.04. The second-order valence-corrected chi connectivity index (χ2v) is 11.7. The zero-order chi connectivity index (χ0) is 28.1. The van der Waals surface area contributed by atoms with Crippen LogP contribution in [0.2, 0.25) is 0 Å². The molecule has 214 valence electrons. The molecule has 8 nitrogen and oxygen atoms in total. The summed E-state index contributed by atoms with van der Waals surface area (Å²) in [5, 5.41) is 3.03. The van der Waals surface area contributed by atoms with Crippen LogP contribution in [0.1, 0.15) is 43.6 Å². The highest BCUT2D eigenvalue weighted by molar-refractivity contribution is 5.83. The molecule has 3 aromatic heterocycles. The standard InChI is InChI=1S/C30H33F3N8/c1-2-39-9-7-30(8-10-39)17-40(18-30)16-19-3-5-25(34-14-19)36-29-35-15-23(33)27(38-29)20-11-22(32)28-24(12-20)41-21(13-31)4-6-26(41)37-28/h3,5,11-12,14-15,21H,2,4,6-10,13,16-18H2,1H3,(H,34,35,36,38)/t21-/m0/s1. The number of hydrogen-bond acceptors (Lipinski definition) is 7. The second kappa shape index (κ2) is 10.4. The molecular weight excluding hydrogens is 529 g/mol. The van der Waals surface area contributed by atoms with Crippen LogP contribution in [0.15, 0.2) is 36.7 Å². The number of likely N-dealkylation sites (tertiary alicyclic amines) is 2. The minimum atomic E-state index is -0.687. The second-order valence-electron chi connectivity index (χ2n) is 11.7. The Kier molecular flexibility index (Phi) is 6.66. The molecule has 7 rings (SSSR count). The molecule has 11 heteroatoms. The molecule has 1 spiro atoms. The minimum Gasteiger partial charge on any atom is -0.322 e. The van der Waals surface area contributed by atoms with Gasteiger partial charge in [0, 0.05) is 37.8 Å². The van der Waals surface area contributed by atoms with E-state index in [0.717, 1.165) is 37.9 Å². The van der Waals surface area contributed by atoms with Gasteiger partial charge in [-0.2, -0.15) is 0 Å². The predicted octanol–water partition coefficient (Wildman–Crippen LogP) is 5.28. The molecule has 2 saturated heterocycles. The fourth-order valence-electron chi connectivity index (χ4n) is 6.76. The lowest BCUT2D eigenvalue weighted by Gasteiger charge is -2.54. The van der Waals surface area contributed by atoms with Gasteiger partial charge in [0.1, 0.15) is 29.5 Å².